The lowest BCUT2D eigenvalue weighted by atomic mass is 10.1. The number of piperidine rings is 1. The second-order valence-electron chi connectivity index (χ2n) is 6.97. The van der Waals surface area contributed by atoms with Gasteiger partial charge in [-0.05, 0) is 61.4 Å². The third-order valence-electron chi connectivity index (χ3n) is 4.84. The summed E-state index contributed by atoms with van der Waals surface area (Å²) in [6.07, 6.45) is 2.75. The lowest BCUT2D eigenvalue weighted by molar-refractivity contribution is -0.116. The average molecular weight is 418 g/mol. The standard InChI is InChI=1S/C21H23FN2O4S/c22-17-6-4-16(5-7-17)20(25)12-13-21(26)23-18-8-10-19(11-9-18)29(27,28)24-14-2-1-3-15-24/h4-11H,1-3,12-15H2,(H,23,26). The Morgan fingerprint density at radius 1 is 0.897 bits per heavy atom. The first-order valence-corrected chi connectivity index (χ1v) is 11.0. The molecule has 0 unspecified atom stereocenters. The van der Waals surface area contributed by atoms with E-state index in [4.69, 9.17) is 0 Å². The van der Waals surface area contributed by atoms with Gasteiger partial charge in [0.25, 0.3) is 0 Å². The molecule has 2 aromatic carbocycles. The van der Waals surface area contributed by atoms with Gasteiger partial charge in [0.1, 0.15) is 5.82 Å². The first-order chi connectivity index (χ1) is 13.9. The van der Waals surface area contributed by atoms with Crippen LogP contribution in [0, 0.1) is 5.82 Å². The van der Waals surface area contributed by atoms with Gasteiger partial charge in [0, 0.05) is 37.2 Å². The van der Waals surface area contributed by atoms with Crippen LogP contribution < -0.4 is 5.32 Å². The molecular weight excluding hydrogens is 395 g/mol. The van der Waals surface area contributed by atoms with E-state index in [0.717, 1.165) is 19.3 Å². The molecule has 1 aliphatic rings. The molecule has 2 aromatic rings. The van der Waals surface area contributed by atoms with Gasteiger partial charge in [-0.25, -0.2) is 12.8 Å². The van der Waals surface area contributed by atoms with Gasteiger partial charge in [0.05, 0.1) is 4.90 Å². The molecule has 0 atom stereocenters. The van der Waals surface area contributed by atoms with E-state index in [0.29, 0.717) is 24.3 Å². The number of Topliss-reactive ketones (excluding diaryl/α,β-unsaturated/α-hetero) is 1. The highest BCUT2D eigenvalue weighted by Gasteiger charge is 2.25. The maximum atomic E-state index is 12.9. The van der Waals surface area contributed by atoms with E-state index in [1.54, 1.807) is 0 Å². The molecule has 0 aromatic heterocycles. The summed E-state index contributed by atoms with van der Waals surface area (Å²) < 4.78 is 39.7. The number of carbonyl (C=O) groups excluding carboxylic acids is 2. The van der Waals surface area contributed by atoms with Gasteiger partial charge >= 0.3 is 0 Å². The molecule has 1 aliphatic heterocycles. The highest BCUT2D eigenvalue weighted by molar-refractivity contribution is 7.89. The Morgan fingerprint density at radius 2 is 1.52 bits per heavy atom. The Hall–Kier alpha value is -2.58. The number of nitrogens with zero attached hydrogens (tertiary/aromatic N) is 1. The number of hydrogen-bond donors (Lipinski definition) is 1. The summed E-state index contributed by atoms with van der Waals surface area (Å²) in [5.41, 5.74) is 0.813. The molecule has 154 valence electrons. The number of nitrogens with one attached hydrogen (secondary N) is 1. The smallest absolute Gasteiger partial charge is 0.243 e. The molecule has 3 rings (SSSR count). The zero-order valence-electron chi connectivity index (χ0n) is 15.9. The minimum atomic E-state index is -3.51. The van der Waals surface area contributed by atoms with Crippen molar-refractivity contribution in [2.24, 2.45) is 0 Å². The molecule has 1 amide bonds. The van der Waals surface area contributed by atoms with Gasteiger partial charge in [-0.1, -0.05) is 6.42 Å². The second-order valence-corrected chi connectivity index (χ2v) is 8.91. The minimum Gasteiger partial charge on any atom is -0.326 e. The summed E-state index contributed by atoms with van der Waals surface area (Å²) in [6, 6.07) is 11.2. The lowest BCUT2D eigenvalue weighted by Crippen LogP contribution is -2.35. The molecule has 0 saturated carbocycles. The number of benzene rings is 2. The molecule has 0 spiro atoms. The second kappa shape index (κ2) is 9.28. The normalized spacial score (nSPS) is 15.1. The number of anilines is 1. The first kappa shape index (κ1) is 21.1. The van der Waals surface area contributed by atoms with Crippen molar-refractivity contribution < 1.29 is 22.4 Å². The van der Waals surface area contributed by atoms with Crippen LogP contribution in [0.4, 0.5) is 10.1 Å². The Kier molecular flexibility index (Phi) is 6.76. The van der Waals surface area contributed by atoms with Crippen molar-refractivity contribution in [1.82, 2.24) is 4.31 Å². The van der Waals surface area contributed by atoms with Crippen LogP contribution in [0.5, 0.6) is 0 Å². The van der Waals surface area contributed by atoms with Crippen LogP contribution in [0.25, 0.3) is 0 Å². The quantitative estimate of drug-likeness (QED) is 0.697. The van der Waals surface area contributed by atoms with E-state index in [2.05, 4.69) is 5.32 Å². The van der Waals surface area contributed by atoms with Crippen LogP contribution in [0.3, 0.4) is 0 Å². The SMILES string of the molecule is O=C(CCC(=O)c1ccc(F)cc1)Nc1ccc(S(=O)(=O)N2CCCCC2)cc1. The molecule has 0 bridgehead atoms. The van der Waals surface area contributed by atoms with E-state index in [1.165, 1.54) is 52.8 Å². The van der Waals surface area contributed by atoms with Crippen molar-refractivity contribution >= 4 is 27.4 Å². The zero-order chi connectivity index (χ0) is 20.9. The summed E-state index contributed by atoms with van der Waals surface area (Å²) >= 11 is 0. The van der Waals surface area contributed by atoms with Gasteiger partial charge < -0.3 is 5.32 Å². The Labute approximate surface area is 169 Å². The highest BCUT2D eigenvalue weighted by atomic mass is 32.2. The predicted octanol–water partition coefficient (Wildman–Crippen LogP) is 3.60. The van der Waals surface area contributed by atoms with Gasteiger partial charge in [-0.15, -0.1) is 0 Å². The minimum absolute atomic E-state index is 0.00110. The van der Waals surface area contributed by atoms with Crippen molar-refractivity contribution in [3.63, 3.8) is 0 Å². The fourth-order valence-electron chi connectivity index (χ4n) is 3.20. The number of carbonyl (C=O) groups is 2. The molecule has 0 aliphatic carbocycles. The summed E-state index contributed by atoms with van der Waals surface area (Å²) in [5, 5.41) is 2.66. The van der Waals surface area contributed by atoms with Gasteiger partial charge in [-0.2, -0.15) is 4.31 Å². The van der Waals surface area contributed by atoms with Crippen LogP contribution in [-0.4, -0.2) is 37.5 Å². The molecule has 6 nitrogen and oxygen atoms in total. The maximum Gasteiger partial charge on any atom is 0.243 e. The van der Waals surface area contributed by atoms with Crippen LogP contribution >= 0.6 is 0 Å². The van der Waals surface area contributed by atoms with E-state index < -0.39 is 15.8 Å². The summed E-state index contributed by atoms with van der Waals surface area (Å²) in [5.74, 6) is -1.03. The summed E-state index contributed by atoms with van der Waals surface area (Å²) in [6.45, 7) is 1.06. The number of halogens is 1. The van der Waals surface area contributed by atoms with Crippen LogP contribution in [-0.2, 0) is 14.8 Å². The summed E-state index contributed by atoms with van der Waals surface area (Å²) in [4.78, 5) is 24.3. The lowest BCUT2D eigenvalue weighted by Gasteiger charge is -2.25. The van der Waals surface area contributed by atoms with E-state index >= 15 is 0 Å². The number of rotatable bonds is 7. The van der Waals surface area contributed by atoms with E-state index in [-0.39, 0.29) is 29.4 Å². The molecule has 1 heterocycles. The van der Waals surface area contributed by atoms with E-state index in [1.807, 2.05) is 0 Å². The number of ketones is 1. The van der Waals surface area contributed by atoms with Gasteiger partial charge in [0.2, 0.25) is 15.9 Å². The van der Waals surface area contributed by atoms with Crippen LogP contribution in [0.15, 0.2) is 53.4 Å². The van der Waals surface area contributed by atoms with Crippen molar-refractivity contribution in [3.05, 3.63) is 59.9 Å². The largest absolute Gasteiger partial charge is 0.326 e. The fraction of sp³-hybridized carbons (Fsp3) is 0.333. The fourth-order valence-corrected chi connectivity index (χ4v) is 4.71. The Morgan fingerprint density at radius 3 is 2.14 bits per heavy atom. The number of amides is 1. The number of hydrogen-bond acceptors (Lipinski definition) is 4. The molecule has 1 N–H and O–H groups in total. The topological polar surface area (TPSA) is 83.5 Å². The third-order valence-corrected chi connectivity index (χ3v) is 6.75. The first-order valence-electron chi connectivity index (χ1n) is 9.55. The average Bonchev–Trinajstić information content (AvgIpc) is 2.73. The van der Waals surface area contributed by atoms with Crippen LogP contribution in [0.1, 0.15) is 42.5 Å². The Balaban J connectivity index is 1.54. The molecule has 0 radical (unpaired) electrons. The summed E-state index contributed by atoms with van der Waals surface area (Å²) in [7, 11) is -3.51. The van der Waals surface area contributed by atoms with Crippen molar-refractivity contribution in [2.45, 2.75) is 37.0 Å². The van der Waals surface area contributed by atoms with E-state index in [9.17, 15) is 22.4 Å². The Bertz CT molecular complexity index is 967. The predicted molar refractivity (Wildman–Crippen MR) is 108 cm³/mol. The molecule has 1 fully saturated rings. The van der Waals surface area contributed by atoms with Gasteiger partial charge in [-0.3, -0.25) is 9.59 Å². The van der Waals surface area contributed by atoms with Crippen molar-refractivity contribution in [2.75, 3.05) is 18.4 Å². The highest BCUT2D eigenvalue weighted by Crippen LogP contribution is 2.22. The molecule has 8 heteroatoms. The van der Waals surface area contributed by atoms with Crippen molar-refractivity contribution in [1.29, 1.82) is 0 Å². The zero-order valence-corrected chi connectivity index (χ0v) is 16.8. The van der Waals surface area contributed by atoms with Crippen molar-refractivity contribution in [3.8, 4) is 0 Å². The third kappa shape index (κ3) is 5.48. The monoisotopic (exact) mass is 418 g/mol. The maximum absolute atomic E-state index is 12.9. The van der Waals surface area contributed by atoms with Crippen LogP contribution in [0.2, 0.25) is 0 Å². The van der Waals surface area contributed by atoms with Gasteiger partial charge in [0.15, 0.2) is 5.78 Å². The molecule has 1 saturated heterocycles. The molecular formula is C21H23FN2O4S. The number of sulfonamides is 1. The molecule has 29 heavy (non-hydrogen) atoms.